The topological polar surface area (TPSA) is 26.0 Å². The van der Waals surface area contributed by atoms with Crippen LogP contribution in [0.5, 0.6) is 0 Å². The van der Waals surface area contributed by atoms with Crippen molar-refractivity contribution in [1.29, 1.82) is 0 Å². The summed E-state index contributed by atoms with van der Waals surface area (Å²) < 4.78 is 0. The van der Waals surface area contributed by atoms with Crippen LogP contribution < -0.4 is 5.73 Å². The lowest BCUT2D eigenvalue weighted by molar-refractivity contribution is 1.56. The Labute approximate surface area is 148 Å². The van der Waals surface area contributed by atoms with Crippen LogP contribution in [0.15, 0.2) is 103 Å². The van der Waals surface area contributed by atoms with Crippen molar-refractivity contribution in [2.75, 3.05) is 5.73 Å². The van der Waals surface area contributed by atoms with Gasteiger partial charge in [-0.2, -0.15) is 0 Å². The Kier molecular flexibility index (Phi) is 4.05. The molecule has 0 heterocycles. The van der Waals surface area contributed by atoms with Crippen LogP contribution in [0.1, 0.15) is 0 Å². The number of nitrogen functional groups attached to an aromatic ring is 1. The Morgan fingerprint density at radius 1 is 0.400 bits per heavy atom. The molecule has 0 unspecified atom stereocenters. The van der Waals surface area contributed by atoms with Gasteiger partial charge in [0.05, 0.1) is 0 Å². The number of benzene rings is 4. The quantitative estimate of drug-likeness (QED) is 0.442. The predicted molar refractivity (Wildman–Crippen MR) is 107 cm³/mol. The van der Waals surface area contributed by atoms with E-state index in [1.54, 1.807) is 0 Å². The number of nitrogens with two attached hydrogens (primary N) is 1. The number of hydrogen-bond acceptors (Lipinski definition) is 1. The summed E-state index contributed by atoms with van der Waals surface area (Å²) in [5, 5.41) is 0. The van der Waals surface area contributed by atoms with Crippen LogP contribution in [-0.4, -0.2) is 0 Å². The minimum Gasteiger partial charge on any atom is -0.399 e. The number of hydrogen-bond donors (Lipinski definition) is 1. The van der Waals surface area contributed by atoms with E-state index in [4.69, 9.17) is 5.73 Å². The highest BCUT2D eigenvalue weighted by Gasteiger charge is 2.09. The molecule has 0 aromatic heterocycles. The lowest BCUT2D eigenvalue weighted by Gasteiger charge is -2.13. The van der Waals surface area contributed by atoms with Gasteiger partial charge in [0.1, 0.15) is 0 Å². The van der Waals surface area contributed by atoms with Crippen molar-refractivity contribution in [3.05, 3.63) is 103 Å². The molecule has 4 aromatic carbocycles. The van der Waals surface area contributed by atoms with Gasteiger partial charge in [0.25, 0.3) is 0 Å². The molecule has 1 heteroatoms. The minimum absolute atomic E-state index is 0.778. The van der Waals surface area contributed by atoms with E-state index in [9.17, 15) is 0 Å². The van der Waals surface area contributed by atoms with Crippen molar-refractivity contribution >= 4 is 5.69 Å². The zero-order valence-electron chi connectivity index (χ0n) is 13.9. The molecule has 0 atom stereocenters. The van der Waals surface area contributed by atoms with Crippen molar-refractivity contribution in [1.82, 2.24) is 0 Å². The van der Waals surface area contributed by atoms with Crippen LogP contribution in [0.3, 0.4) is 0 Å². The minimum atomic E-state index is 0.778. The van der Waals surface area contributed by atoms with Crippen LogP contribution in [0, 0.1) is 0 Å². The molecule has 25 heavy (non-hydrogen) atoms. The van der Waals surface area contributed by atoms with E-state index in [0.717, 1.165) is 11.3 Å². The third-order valence-electron chi connectivity index (χ3n) is 4.41. The van der Waals surface area contributed by atoms with Gasteiger partial charge in [-0.1, -0.05) is 84.9 Å². The molecule has 120 valence electrons. The predicted octanol–water partition coefficient (Wildman–Crippen LogP) is 6.27. The highest BCUT2D eigenvalue weighted by Crippen LogP contribution is 2.35. The molecule has 0 spiro atoms. The smallest absolute Gasteiger partial charge is 0.0320 e. The van der Waals surface area contributed by atoms with Gasteiger partial charge in [-0.15, -0.1) is 0 Å². The van der Waals surface area contributed by atoms with Crippen LogP contribution in [0.25, 0.3) is 33.4 Å². The van der Waals surface area contributed by atoms with Gasteiger partial charge < -0.3 is 5.73 Å². The van der Waals surface area contributed by atoms with Gasteiger partial charge in [0, 0.05) is 5.69 Å². The van der Waals surface area contributed by atoms with E-state index >= 15 is 0 Å². The molecule has 0 aliphatic carbocycles. The third kappa shape index (κ3) is 3.17. The number of anilines is 1. The summed E-state index contributed by atoms with van der Waals surface area (Å²) in [7, 11) is 0. The molecule has 0 saturated carbocycles. The van der Waals surface area contributed by atoms with Gasteiger partial charge in [-0.05, 0) is 51.6 Å². The van der Waals surface area contributed by atoms with Crippen molar-refractivity contribution in [2.24, 2.45) is 0 Å². The molecule has 2 N–H and O–H groups in total. The third-order valence-corrected chi connectivity index (χ3v) is 4.41. The second-order valence-electron chi connectivity index (χ2n) is 6.12. The maximum absolute atomic E-state index is 6.09. The lowest BCUT2D eigenvalue weighted by Crippen LogP contribution is -1.90. The fourth-order valence-corrected chi connectivity index (χ4v) is 3.17. The molecule has 0 aliphatic heterocycles. The van der Waals surface area contributed by atoms with Crippen molar-refractivity contribution in [2.45, 2.75) is 0 Å². The molecule has 0 radical (unpaired) electrons. The van der Waals surface area contributed by atoms with Gasteiger partial charge in [-0.25, -0.2) is 0 Å². The Bertz CT molecular complexity index is 989. The highest BCUT2D eigenvalue weighted by molar-refractivity contribution is 5.87. The first kappa shape index (κ1) is 15.2. The average Bonchev–Trinajstić information content (AvgIpc) is 2.69. The molecule has 0 saturated heterocycles. The van der Waals surface area contributed by atoms with Crippen LogP contribution >= 0.6 is 0 Å². The van der Waals surface area contributed by atoms with Gasteiger partial charge in [0.2, 0.25) is 0 Å². The fraction of sp³-hybridized carbons (Fsp3) is 0. The van der Waals surface area contributed by atoms with Gasteiger partial charge in [0.15, 0.2) is 0 Å². The van der Waals surface area contributed by atoms with Crippen LogP contribution in [0.2, 0.25) is 0 Å². The average molecular weight is 321 g/mol. The monoisotopic (exact) mass is 321 g/mol. The highest BCUT2D eigenvalue weighted by atomic mass is 14.5. The Balaban J connectivity index is 1.87. The summed E-state index contributed by atoms with van der Waals surface area (Å²) in [5.74, 6) is 0. The van der Waals surface area contributed by atoms with E-state index in [1.807, 2.05) is 18.2 Å². The standard InChI is InChI=1S/C24H19N/c25-22-14-15-23(19-10-5-2-6-11-19)24(17-22)21-13-7-12-20(16-21)18-8-3-1-4-9-18/h1-17H,25H2. The maximum Gasteiger partial charge on any atom is 0.0320 e. The zero-order valence-corrected chi connectivity index (χ0v) is 13.9. The molecule has 0 bridgehead atoms. The van der Waals surface area contributed by atoms with Crippen molar-refractivity contribution in [3.8, 4) is 33.4 Å². The largest absolute Gasteiger partial charge is 0.399 e. The maximum atomic E-state index is 6.09. The first-order chi connectivity index (χ1) is 12.3. The van der Waals surface area contributed by atoms with E-state index in [-0.39, 0.29) is 0 Å². The fourth-order valence-electron chi connectivity index (χ4n) is 3.17. The summed E-state index contributed by atoms with van der Waals surface area (Å²) in [4.78, 5) is 0. The molecule has 0 amide bonds. The van der Waals surface area contributed by atoms with E-state index in [0.29, 0.717) is 0 Å². The summed E-state index contributed by atoms with van der Waals surface area (Å²) in [6.07, 6.45) is 0. The molecule has 1 nitrogen and oxygen atoms in total. The molecule has 4 aromatic rings. The van der Waals surface area contributed by atoms with Crippen LogP contribution in [-0.2, 0) is 0 Å². The Morgan fingerprint density at radius 2 is 1.00 bits per heavy atom. The lowest BCUT2D eigenvalue weighted by atomic mass is 9.92. The van der Waals surface area contributed by atoms with Crippen LogP contribution in [0.4, 0.5) is 5.69 Å². The summed E-state index contributed by atoms with van der Waals surface area (Å²) in [6.45, 7) is 0. The van der Waals surface area contributed by atoms with Crippen molar-refractivity contribution in [3.63, 3.8) is 0 Å². The molecule has 4 rings (SSSR count). The zero-order chi connectivity index (χ0) is 17.1. The Hall–Kier alpha value is -3.32. The van der Waals surface area contributed by atoms with Crippen molar-refractivity contribution < 1.29 is 0 Å². The number of rotatable bonds is 3. The van der Waals surface area contributed by atoms with E-state index < -0.39 is 0 Å². The molecular formula is C24H19N. The summed E-state index contributed by atoms with van der Waals surface area (Å²) in [6, 6.07) is 35.7. The first-order valence-corrected chi connectivity index (χ1v) is 8.42. The Morgan fingerprint density at radius 3 is 1.72 bits per heavy atom. The SMILES string of the molecule is Nc1ccc(-c2ccccc2)c(-c2cccc(-c3ccccc3)c2)c1. The first-order valence-electron chi connectivity index (χ1n) is 8.42. The van der Waals surface area contributed by atoms with Gasteiger partial charge in [-0.3, -0.25) is 0 Å². The van der Waals surface area contributed by atoms with Gasteiger partial charge >= 0.3 is 0 Å². The normalized spacial score (nSPS) is 10.6. The molecule has 0 aliphatic rings. The summed E-state index contributed by atoms with van der Waals surface area (Å²) >= 11 is 0. The molecular weight excluding hydrogens is 302 g/mol. The molecule has 0 fully saturated rings. The second-order valence-corrected chi connectivity index (χ2v) is 6.12. The van der Waals surface area contributed by atoms with E-state index in [1.165, 1.54) is 27.8 Å². The second kappa shape index (κ2) is 6.66. The summed E-state index contributed by atoms with van der Waals surface area (Å²) in [5.41, 5.74) is 14.0. The van der Waals surface area contributed by atoms with E-state index in [2.05, 4.69) is 84.9 Å².